The summed E-state index contributed by atoms with van der Waals surface area (Å²) < 4.78 is 1.03. The number of carboxylic acid groups (broad SMARTS) is 1. The van der Waals surface area contributed by atoms with Crippen LogP contribution in [0.25, 0.3) is 0 Å². The maximum absolute atomic E-state index is 11.3. The van der Waals surface area contributed by atoms with Crippen LogP contribution in [0.15, 0.2) is 24.3 Å². The van der Waals surface area contributed by atoms with Crippen molar-refractivity contribution < 1.29 is 14.7 Å². The van der Waals surface area contributed by atoms with Crippen molar-refractivity contribution in [3.63, 3.8) is 0 Å². The second-order valence-electron chi connectivity index (χ2n) is 2.58. The molecular formula is C9H8INO3. The van der Waals surface area contributed by atoms with Crippen molar-refractivity contribution in [3.05, 3.63) is 33.4 Å². The minimum Gasteiger partial charge on any atom is -0.480 e. The number of aliphatic carboxylic acids is 1. The zero-order valence-electron chi connectivity index (χ0n) is 7.16. The Balaban J connectivity index is 2.61. The van der Waals surface area contributed by atoms with Crippen molar-refractivity contribution in [1.82, 2.24) is 5.32 Å². The lowest BCUT2D eigenvalue weighted by atomic mass is 10.2. The molecule has 0 unspecified atom stereocenters. The third kappa shape index (κ3) is 3.33. The molecule has 0 bridgehead atoms. The number of halogens is 1. The quantitative estimate of drug-likeness (QED) is 0.822. The molecule has 5 heteroatoms. The number of carbonyl (C=O) groups is 2. The van der Waals surface area contributed by atoms with Crippen LogP contribution in [0.4, 0.5) is 0 Å². The van der Waals surface area contributed by atoms with Crippen LogP contribution in [0.3, 0.4) is 0 Å². The highest BCUT2D eigenvalue weighted by Gasteiger charge is 2.05. The van der Waals surface area contributed by atoms with Crippen molar-refractivity contribution in [2.24, 2.45) is 0 Å². The van der Waals surface area contributed by atoms with Crippen LogP contribution < -0.4 is 5.32 Å². The Bertz CT molecular complexity index is 348. The van der Waals surface area contributed by atoms with Gasteiger partial charge in [-0.05, 0) is 46.9 Å². The number of rotatable bonds is 3. The molecule has 0 spiro atoms. The van der Waals surface area contributed by atoms with Gasteiger partial charge in [0.2, 0.25) is 0 Å². The van der Waals surface area contributed by atoms with E-state index in [2.05, 4.69) is 27.9 Å². The predicted octanol–water partition coefficient (Wildman–Crippen LogP) is 1.11. The number of nitrogens with one attached hydrogen (secondary N) is 1. The van der Waals surface area contributed by atoms with E-state index in [0.29, 0.717) is 5.56 Å². The van der Waals surface area contributed by atoms with Crippen LogP contribution in [0.2, 0.25) is 0 Å². The molecule has 1 rings (SSSR count). The van der Waals surface area contributed by atoms with Crippen LogP contribution in [-0.2, 0) is 4.79 Å². The fraction of sp³-hybridized carbons (Fsp3) is 0.111. The minimum absolute atomic E-state index is 0.356. The lowest BCUT2D eigenvalue weighted by Crippen LogP contribution is -2.29. The standard InChI is InChI=1S/C9H8INO3/c10-7-3-1-6(2-4-7)9(14)11-5-8(12)13/h1-4H,5H2,(H,11,14)(H,12,13)/i10-2. The Morgan fingerprint density at radius 2 is 1.86 bits per heavy atom. The highest BCUT2D eigenvalue weighted by molar-refractivity contribution is 14.1. The summed E-state index contributed by atoms with van der Waals surface area (Å²) in [4.78, 5) is 21.5. The lowest BCUT2D eigenvalue weighted by molar-refractivity contribution is -0.135. The fourth-order valence-electron chi connectivity index (χ4n) is 0.859. The Labute approximate surface area is 94.5 Å². The van der Waals surface area contributed by atoms with Gasteiger partial charge in [0, 0.05) is 9.13 Å². The van der Waals surface area contributed by atoms with E-state index in [1.807, 2.05) is 0 Å². The second kappa shape index (κ2) is 4.94. The number of benzene rings is 1. The molecule has 0 aliphatic rings. The first-order valence-corrected chi connectivity index (χ1v) is 4.93. The van der Waals surface area contributed by atoms with Crippen LogP contribution in [0.5, 0.6) is 0 Å². The van der Waals surface area contributed by atoms with Gasteiger partial charge in [0.15, 0.2) is 0 Å². The van der Waals surface area contributed by atoms with E-state index in [1.54, 1.807) is 24.3 Å². The first-order chi connectivity index (χ1) is 6.59. The third-order valence-electron chi connectivity index (χ3n) is 1.51. The summed E-state index contributed by atoms with van der Waals surface area (Å²) >= 11 is 2.13. The molecule has 0 heterocycles. The molecule has 1 aromatic carbocycles. The van der Waals surface area contributed by atoms with E-state index < -0.39 is 5.97 Å². The normalized spacial score (nSPS) is 9.50. The molecule has 4 nitrogen and oxygen atoms in total. The summed E-state index contributed by atoms with van der Waals surface area (Å²) in [6.07, 6.45) is 0. The first kappa shape index (κ1) is 11.0. The van der Waals surface area contributed by atoms with Gasteiger partial charge in [0.25, 0.3) is 5.91 Å². The van der Waals surface area contributed by atoms with Crippen LogP contribution in [0.1, 0.15) is 10.4 Å². The van der Waals surface area contributed by atoms with Gasteiger partial charge in [0.05, 0.1) is 0 Å². The molecule has 0 saturated carbocycles. The SMILES string of the molecule is O=C(O)CNC(=O)c1ccc([125I])cc1. The third-order valence-corrected chi connectivity index (χ3v) is 2.23. The van der Waals surface area contributed by atoms with Crippen LogP contribution in [-0.4, -0.2) is 23.5 Å². The average molecular weight is 303 g/mol. The van der Waals surface area contributed by atoms with E-state index in [1.165, 1.54) is 0 Å². The molecule has 0 fully saturated rings. The topological polar surface area (TPSA) is 66.4 Å². The maximum Gasteiger partial charge on any atom is 0.322 e. The van der Waals surface area contributed by atoms with Crippen molar-refractivity contribution in [1.29, 1.82) is 0 Å². The van der Waals surface area contributed by atoms with Crippen LogP contribution in [0, 0.1) is 3.57 Å². The van der Waals surface area contributed by atoms with E-state index in [0.717, 1.165) is 3.57 Å². The van der Waals surface area contributed by atoms with Gasteiger partial charge in [0.1, 0.15) is 6.54 Å². The van der Waals surface area contributed by atoms with Crippen LogP contribution >= 0.6 is 22.6 Å². The Morgan fingerprint density at radius 3 is 2.36 bits per heavy atom. The van der Waals surface area contributed by atoms with Crippen molar-refractivity contribution in [2.45, 2.75) is 0 Å². The summed E-state index contributed by atoms with van der Waals surface area (Å²) in [6.45, 7) is -0.356. The van der Waals surface area contributed by atoms with Gasteiger partial charge < -0.3 is 10.4 Å². The maximum atomic E-state index is 11.3. The molecule has 14 heavy (non-hydrogen) atoms. The largest absolute Gasteiger partial charge is 0.480 e. The molecule has 0 saturated heterocycles. The summed E-state index contributed by atoms with van der Waals surface area (Å²) in [5.74, 6) is -1.42. The van der Waals surface area contributed by atoms with Gasteiger partial charge in [-0.1, -0.05) is 0 Å². The highest BCUT2D eigenvalue weighted by atomic mass is 125. The molecule has 1 amide bonds. The highest BCUT2D eigenvalue weighted by Crippen LogP contribution is 2.06. The molecule has 74 valence electrons. The summed E-state index contributed by atoms with van der Waals surface area (Å²) in [5, 5.41) is 10.6. The van der Waals surface area contributed by atoms with E-state index in [4.69, 9.17) is 5.11 Å². The average Bonchev–Trinajstić information content (AvgIpc) is 2.15. The summed E-state index contributed by atoms with van der Waals surface area (Å²) in [5.41, 5.74) is 0.465. The molecule has 0 atom stereocenters. The number of hydrogen-bond donors (Lipinski definition) is 2. The lowest BCUT2D eigenvalue weighted by Gasteiger charge is -2.01. The first-order valence-electron chi connectivity index (χ1n) is 3.85. The summed E-state index contributed by atoms with van der Waals surface area (Å²) in [6, 6.07) is 6.88. The van der Waals surface area contributed by atoms with E-state index >= 15 is 0 Å². The predicted molar refractivity (Wildman–Crippen MR) is 59.1 cm³/mol. The number of amides is 1. The van der Waals surface area contributed by atoms with Gasteiger partial charge >= 0.3 is 5.97 Å². The molecular weight excluding hydrogens is 295 g/mol. The Kier molecular flexibility index (Phi) is 3.87. The molecule has 0 aliphatic heterocycles. The fourth-order valence-corrected chi connectivity index (χ4v) is 1.22. The van der Waals surface area contributed by atoms with Gasteiger partial charge in [-0.2, -0.15) is 0 Å². The monoisotopic (exact) mass is 303 g/mol. The zero-order valence-corrected chi connectivity index (χ0v) is 9.32. The second-order valence-corrected chi connectivity index (χ2v) is 3.83. The Morgan fingerprint density at radius 1 is 1.29 bits per heavy atom. The smallest absolute Gasteiger partial charge is 0.322 e. The molecule has 2 N–H and O–H groups in total. The van der Waals surface area contributed by atoms with Crippen molar-refractivity contribution >= 4 is 34.5 Å². The molecule has 0 aromatic heterocycles. The van der Waals surface area contributed by atoms with Gasteiger partial charge in [-0.15, -0.1) is 0 Å². The Hall–Kier alpha value is -1.11. The molecule has 1 aromatic rings. The van der Waals surface area contributed by atoms with Crippen molar-refractivity contribution in [3.8, 4) is 0 Å². The summed E-state index contributed by atoms with van der Waals surface area (Å²) in [7, 11) is 0. The van der Waals surface area contributed by atoms with E-state index in [9.17, 15) is 9.59 Å². The van der Waals surface area contributed by atoms with Gasteiger partial charge in [-0.3, -0.25) is 9.59 Å². The van der Waals surface area contributed by atoms with Crippen molar-refractivity contribution in [2.75, 3.05) is 6.54 Å². The number of hydrogen-bond acceptors (Lipinski definition) is 2. The number of carbonyl (C=O) groups excluding carboxylic acids is 1. The molecule has 0 radical (unpaired) electrons. The number of carboxylic acids is 1. The van der Waals surface area contributed by atoms with E-state index in [-0.39, 0.29) is 12.5 Å². The van der Waals surface area contributed by atoms with Gasteiger partial charge in [-0.25, -0.2) is 0 Å². The minimum atomic E-state index is -1.05. The molecule has 0 aliphatic carbocycles. The zero-order chi connectivity index (χ0) is 10.6.